The van der Waals surface area contributed by atoms with E-state index in [9.17, 15) is 0 Å². The number of anilines is 3. The van der Waals surface area contributed by atoms with Crippen molar-refractivity contribution in [1.82, 2.24) is 0 Å². The van der Waals surface area contributed by atoms with E-state index in [0.717, 1.165) is 61.3 Å². The summed E-state index contributed by atoms with van der Waals surface area (Å²) < 4.78 is 6.63. The Hall–Kier alpha value is -7.68. The van der Waals surface area contributed by atoms with E-state index in [1.165, 1.54) is 43.8 Å². The lowest BCUT2D eigenvalue weighted by atomic mass is 9.94. The van der Waals surface area contributed by atoms with Gasteiger partial charge in [0.2, 0.25) is 0 Å². The van der Waals surface area contributed by atoms with Crippen molar-refractivity contribution in [2.24, 2.45) is 0 Å². The molecule has 0 amide bonds. The molecule has 0 atom stereocenters. The van der Waals surface area contributed by atoms with Gasteiger partial charge in [0.1, 0.15) is 11.2 Å². The molecule has 0 spiro atoms. The van der Waals surface area contributed by atoms with Gasteiger partial charge in [-0.25, -0.2) is 0 Å². The predicted molar refractivity (Wildman–Crippen MR) is 245 cm³/mol. The maximum atomic E-state index is 6.63. The first kappa shape index (κ1) is 33.6. The minimum Gasteiger partial charge on any atom is -0.455 e. The fraction of sp³-hybridized carbons (Fsp3) is 0. The second-order valence-corrected chi connectivity index (χ2v) is 14.8. The Labute approximate surface area is 337 Å². The van der Waals surface area contributed by atoms with E-state index in [1.54, 1.807) is 0 Å². The van der Waals surface area contributed by atoms with E-state index in [-0.39, 0.29) is 0 Å². The van der Waals surface area contributed by atoms with Gasteiger partial charge in [-0.1, -0.05) is 194 Å². The lowest BCUT2D eigenvalue weighted by molar-refractivity contribution is 0.670. The van der Waals surface area contributed by atoms with Gasteiger partial charge in [-0.05, 0) is 79.7 Å². The second-order valence-electron chi connectivity index (χ2n) is 14.8. The summed E-state index contributed by atoms with van der Waals surface area (Å²) in [6, 6.07) is 80.6. The summed E-state index contributed by atoms with van der Waals surface area (Å²) in [5.74, 6) is 0. The van der Waals surface area contributed by atoms with Gasteiger partial charge in [-0.15, -0.1) is 0 Å². The molecular weight excluding hydrogens is 703 g/mol. The summed E-state index contributed by atoms with van der Waals surface area (Å²) in [6.07, 6.45) is 0. The third kappa shape index (κ3) is 5.74. The molecule has 1 aromatic heterocycles. The van der Waals surface area contributed by atoms with E-state index in [1.807, 2.05) is 6.07 Å². The van der Waals surface area contributed by atoms with Gasteiger partial charge in [0.15, 0.2) is 0 Å². The maximum absolute atomic E-state index is 6.63. The fourth-order valence-electron chi connectivity index (χ4n) is 8.74. The molecule has 0 saturated carbocycles. The molecule has 0 bridgehead atoms. The Balaban J connectivity index is 1.07. The van der Waals surface area contributed by atoms with Crippen molar-refractivity contribution in [3.8, 4) is 44.5 Å². The average Bonchev–Trinajstić information content (AvgIpc) is 3.69. The first-order chi connectivity index (χ1) is 28.8. The Morgan fingerprint density at radius 3 is 1.40 bits per heavy atom. The van der Waals surface area contributed by atoms with Crippen LogP contribution in [-0.2, 0) is 0 Å². The van der Waals surface area contributed by atoms with E-state index in [0.29, 0.717) is 0 Å². The number of nitrogens with zero attached hydrogens (tertiary/aromatic N) is 1. The van der Waals surface area contributed by atoms with Gasteiger partial charge in [-0.3, -0.25) is 0 Å². The van der Waals surface area contributed by atoms with Crippen LogP contribution in [0.2, 0.25) is 0 Å². The summed E-state index contributed by atoms with van der Waals surface area (Å²) in [5.41, 5.74) is 14.3. The highest BCUT2D eigenvalue weighted by molar-refractivity contribution is 6.11. The topological polar surface area (TPSA) is 16.4 Å². The van der Waals surface area contributed by atoms with Crippen LogP contribution in [0, 0.1) is 0 Å². The number of rotatable bonds is 7. The van der Waals surface area contributed by atoms with E-state index in [4.69, 9.17) is 4.42 Å². The first-order valence-electron chi connectivity index (χ1n) is 19.8. The largest absolute Gasteiger partial charge is 0.455 e. The van der Waals surface area contributed by atoms with Crippen LogP contribution < -0.4 is 4.90 Å². The molecule has 272 valence electrons. The number of furan rings is 1. The zero-order valence-corrected chi connectivity index (χ0v) is 31.7. The summed E-state index contributed by atoms with van der Waals surface area (Å²) >= 11 is 0. The van der Waals surface area contributed by atoms with Crippen molar-refractivity contribution in [3.05, 3.63) is 224 Å². The first-order valence-corrected chi connectivity index (χ1v) is 19.8. The molecule has 0 aliphatic heterocycles. The fourth-order valence-corrected chi connectivity index (χ4v) is 8.74. The molecule has 0 radical (unpaired) electrons. The van der Waals surface area contributed by atoms with Gasteiger partial charge in [0.05, 0.1) is 11.4 Å². The molecule has 0 fully saturated rings. The normalized spacial score (nSPS) is 11.4. The van der Waals surface area contributed by atoms with Crippen molar-refractivity contribution < 1.29 is 4.42 Å². The average molecular weight is 740 g/mol. The van der Waals surface area contributed by atoms with Crippen LogP contribution in [0.15, 0.2) is 229 Å². The molecule has 1 heterocycles. The molecular formula is C56H37NO. The SMILES string of the molecule is c1ccc(N(c2ccc(-c3ccc(-c4cccc5ccccc45)cc3)cc2)c2ccccc2-c2cccc3c2oc2ccccc23)c(-c2cccc3ccccc23)c1. The zero-order chi connectivity index (χ0) is 38.4. The highest BCUT2D eigenvalue weighted by atomic mass is 16.3. The van der Waals surface area contributed by atoms with Crippen molar-refractivity contribution in [3.63, 3.8) is 0 Å². The minimum atomic E-state index is 0.890. The number of fused-ring (bicyclic) bond motifs is 5. The van der Waals surface area contributed by atoms with Crippen LogP contribution in [0.25, 0.3) is 88.0 Å². The van der Waals surface area contributed by atoms with Crippen molar-refractivity contribution in [2.75, 3.05) is 4.90 Å². The highest BCUT2D eigenvalue weighted by Crippen LogP contribution is 2.47. The lowest BCUT2D eigenvalue weighted by Gasteiger charge is -2.30. The molecule has 10 aromatic carbocycles. The van der Waals surface area contributed by atoms with Crippen molar-refractivity contribution >= 4 is 60.5 Å². The molecule has 0 aliphatic carbocycles. The third-order valence-electron chi connectivity index (χ3n) is 11.5. The maximum Gasteiger partial charge on any atom is 0.143 e. The Morgan fingerprint density at radius 2 is 0.707 bits per heavy atom. The van der Waals surface area contributed by atoms with Crippen molar-refractivity contribution in [1.29, 1.82) is 0 Å². The number of hydrogen-bond donors (Lipinski definition) is 0. The molecule has 58 heavy (non-hydrogen) atoms. The van der Waals surface area contributed by atoms with Gasteiger partial charge >= 0.3 is 0 Å². The smallest absolute Gasteiger partial charge is 0.143 e. The molecule has 0 N–H and O–H groups in total. The Morgan fingerprint density at radius 1 is 0.276 bits per heavy atom. The molecule has 2 heteroatoms. The van der Waals surface area contributed by atoms with Crippen LogP contribution in [0.1, 0.15) is 0 Å². The van der Waals surface area contributed by atoms with Gasteiger partial charge in [-0.2, -0.15) is 0 Å². The van der Waals surface area contributed by atoms with Gasteiger partial charge in [0.25, 0.3) is 0 Å². The standard InChI is InChI=1S/C56H37NO/c1-3-18-44-40(14-1)16-11-23-45(44)42-32-30-38(31-33-42)39-34-36-43(37-35-39)57(53-27-8-5-20-48(53)47-24-12-17-41-15-2-4-19-46(41)47)54-28-9-6-21-49(54)51-25-13-26-52-50-22-7-10-29-55(50)58-56(51)52/h1-37H. The quantitative estimate of drug-likeness (QED) is 0.162. The van der Waals surface area contributed by atoms with Crippen LogP contribution in [-0.4, -0.2) is 0 Å². The summed E-state index contributed by atoms with van der Waals surface area (Å²) in [6.45, 7) is 0. The molecule has 11 aromatic rings. The lowest BCUT2D eigenvalue weighted by Crippen LogP contribution is -2.12. The molecule has 2 nitrogen and oxygen atoms in total. The van der Waals surface area contributed by atoms with Crippen LogP contribution >= 0.6 is 0 Å². The molecule has 0 aliphatic rings. The van der Waals surface area contributed by atoms with E-state index >= 15 is 0 Å². The Kier molecular flexibility index (Phi) is 8.19. The van der Waals surface area contributed by atoms with Crippen LogP contribution in [0.4, 0.5) is 17.1 Å². The second kappa shape index (κ2) is 14.1. The van der Waals surface area contributed by atoms with Crippen LogP contribution in [0.3, 0.4) is 0 Å². The number of benzene rings is 10. The highest BCUT2D eigenvalue weighted by Gasteiger charge is 2.23. The summed E-state index contributed by atoms with van der Waals surface area (Å²) in [7, 11) is 0. The predicted octanol–water partition coefficient (Wildman–Crippen LogP) is 16.0. The van der Waals surface area contributed by atoms with Crippen molar-refractivity contribution in [2.45, 2.75) is 0 Å². The van der Waals surface area contributed by atoms with Gasteiger partial charge < -0.3 is 9.32 Å². The Bertz CT molecular complexity index is 3270. The molecule has 11 rings (SSSR count). The number of para-hydroxylation sites is 4. The van der Waals surface area contributed by atoms with E-state index < -0.39 is 0 Å². The summed E-state index contributed by atoms with van der Waals surface area (Å²) in [4.78, 5) is 2.42. The zero-order valence-electron chi connectivity index (χ0n) is 31.7. The monoisotopic (exact) mass is 739 g/mol. The summed E-state index contributed by atoms with van der Waals surface area (Å²) in [5, 5.41) is 7.19. The third-order valence-corrected chi connectivity index (χ3v) is 11.5. The molecule has 0 saturated heterocycles. The minimum absolute atomic E-state index is 0.890. The van der Waals surface area contributed by atoms with Crippen LogP contribution in [0.5, 0.6) is 0 Å². The van der Waals surface area contributed by atoms with Gasteiger partial charge in [0, 0.05) is 33.2 Å². The number of hydrogen-bond acceptors (Lipinski definition) is 2. The molecule has 0 unspecified atom stereocenters. The van der Waals surface area contributed by atoms with E-state index in [2.05, 4.69) is 223 Å².